The van der Waals surface area contributed by atoms with Gasteiger partial charge in [0.05, 0.1) is 36.5 Å². The fourth-order valence-corrected chi connectivity index (χ4v) is 4.42. The molecule has 2 heterocycles. The minimum absolute atomic E-state index is 0.125. The van der Waals surface area contributed by atoms with Crippen LogP contribution in [-0.4, -0.2) is 71.5 Å². The number of aliphatic imine (C=N–C) groups is 1. The number of aliphatic hydroxyl groups excluding tert-OH is 1. The zero-order chi connectivity index (χ0) is 20.8. The Hall–Kier alpha value is -2.45. The molecule has 156 valence electrons. The summed E-state index contributed by atoms with van der Waals surface area (Å²) in [6, 6.07) is 19.3. The van der Waals surface area contributed by atoms with Crippen molar-refractivity contribution >= 4 is 34.6 Å². The minimum atomic E-state index is -0.662. The normalized spacial score (nSPS) is 21.5. The molecule has 30 heavy (non-hydrogen) atoms. The third-order valence-corrected chi connectivity index (χ3v) is 5.94. The van der Waals surface area contributed by atoms with Gasteiger partial charge in [-0.05, 0) is 35.5 Å². The van der Waals surface area contributed by atoms with Crippen molar-refractivity contribution in [2.24, 2.45) is 4.99 Å². The molecule has 2 aliphatic heterocycles. The van der Waals surface area contributed by atoms with E-state index in [1.807, 2.05) is 66.7 Å². The first-order valence-corrected chi connectivity index (χ1v) is 10.9. The Balaban J connectivity index is 1.55. The van der Waals surface area contributed by atoms with Crippen LogP contribution in [0.25, 0.3) is 6.08 Å². The Morgan fingerprint density at radius 2 is 1.70 bits per heavy atom. The molecule has 2 saturated heterocycles. The van der Waals surface area contributed by atoms with Crippen LogP contribution in [0.4, 0.5) is 5.69 Å². The highest BCUT2D eigenvalue weighted by molar-refractivity contribution is 8.18. The molecule has 2 aromatic rings. The molecule has 0 bridgehead atoms. The molecule has 2 aliphatic rings. The molecular formula is C23H25N3O3S. The number of carbonyl (C=O) groups is 1. The van der Waals surface area contributed by atoms with Crippen LogP contribution in [0.3, 0.4) is 0 Å². The molecular weight excluding hydrogens is 398 g/mol. The quantitative estimate of drug-likeness (QED) is 0.724. The average molecular weight is 424 g/mol. The molecule has 2 fully saturated rings. The number of morpholine rings is 1. The second kappa shape index (κ2) is 10.0. The van der Waals surface area contributed by atoms with E-state index in [4.69, 9.17) is 4.74 Å². The predicted octanol–water partition coefficient (Wildman–Crippen LogP) is 2.98. The number of hydrogen-bond donors (Lipinski definition) is 1. The van der Waals surface area contributed by atoms with Crippen molar-refractivity contribution in [2.45, 2.75) is 6.10 Å². The van der Waals surface area contributed by atoms with Crippen LogP contribution < -0.4 is 0 Å². The number of benzene rings is 2. The van der Waals surface area contributed by atoms with E-state index in [9.17, 15) is 9.90 Å². The maximum Gasteiger partial charge on any atom is 0.266 e. The van der Waals surface area contributed by atoms with E-state index in [0.717, 1.165) is 24.3 Å². The van der Waals surface area contributed by atoms with E-state index in [1.54, 1.807) is 4.90 Å². The number of hydrogen-bond acceptors (Lipinski definition) is 6. The summed E-state index contributed by atoms with van der Waals surface area (Å²) >= 11 is 1.35. The maximum absolute atomic E-state index is 13.1. The first-order valence-electron chi connectivity index (χ1n) is 10.1. The smallest absolute Gasteiger partial charge is 0.266 e. The van der Waals surface area contributed by atoms with Crippen LogP contribution in [0.1, 0.15) is 5.56 Å². The Morgan fingerprint density at radius 1 is 1.03 bits per heavy atom. The van der Waals surface area contributed by atoms with Gasteiger partial charge in [0.1, 0.15) is 0 Å². The lowest BCUT2D eigenvalue weighted by atomic mass is 10.2. The predicted molar refractivity (Wildman–Crippen MR) is 121 cm³/mol. The van der Waals surface area contributed by atoms with Gasteiger partial charge in [0.15, 0.2) is 5.17 Å². The van der Waals surface area contributed by atoms with Crippen LogP contribution in [0.15, 0.2) is 70.6 Å². The fraction of sp³-hybridized carbons (Fsp3) is 0.304. The van der Waals surface area contributed by atoms with Crippen molar-refractivity contribution < 1.29 is 14.6 Å². The number of amides is 1. The van der Waals surface area contributed by atoms with E-state index in [0.29, 0.717) is 29.8 Å². The first-order chi connectivity index (χ1) is 14.7. The van der Waals surface area contributed by atoms with Crippen molar-refractivity contribution in [1.29, 1.82) is 0 Å². The largest absolute Gasteiger partial charge is 0.390 e. The second-order valence-electron chi connectivity index (χ2n) is 7.23. The molecule has 0 aromatic heterocycles. The van der Waals surface area contributed by atoms with Crippen molar-refractivity contribution in [1.82, 2.24) is 9.80 Å². The number of amidine groups is 1. The summed E-state index contributed by atoms with van der Waals surface area (Å²) in [6.45, 7) is 3.66. The second-order valence-corrected chi connectivity index (χ2v) is 8.24. The highest BCUT2D eigenvalue weighted by atomic mass is 32.2. The first kappa shape index (κ1) is 20.8. The van der Waals surface area contributed by atoms with Crippen molar-refractivity contribution in [3.8, 4) is 0 Å². The summed E-state index contributed by atoms with van der Waals surface area (Å²) in [7, 11) is 0. The minimum Gasteiger partial charge on any atom is -0.390 e. The maximum atomic E-state index is 13.1. The summed E-state index contributed by atoms with van der Waals surface area (Å²) in [5, 5.41) is 11.3. The number of nitrogens with zero attached hydrogens (tertiary/aromatic N) is 3. The summed E-state index contributed by atoms with van der Waals surface area (Å²) in [5.41, 5.74) is 1.74. The molecule has 0 radical (unpaired) electrons. The van der Waals surface area contributed by atoms with E-state index >= 15 is 0 Å². The van der Waals surface area contributed by atoms with Gasteiger partial charge in [-0.25, -0.2) is 4.99 Å². The number of thioether (sulfide) groups is 1. The van der Waals surface area contributed by atoms with Crippen LogP contribution in [0.2, 0.25) is 0 Å². The van der Waals surface area contributed by atoms with Gasteiger partial charge in [-0.1, -0.05) is 48.5 Å². The zero-order valence-corrected chi connectivity index (χ0v) is 17.5. The number of rotatable bonds is 6. The lowest BCUT2D eigenvalue weighted by molar-refractivity contribution is -0.123. The highest BCUT2D eigenvalue weighted by Gasteiger charge is 2.35. The van der Waals surface area contributed by atoms with Gasteiger partial charge in [0.2, 0.25) is 0 Å². The lowest BCUT2D eigenvalue weighted by Gasteiger charge is -2.29. The van der Waals surface area contributed by atoms with Gasteiger partial charge in [-0.2, -0.15) is 0 Å². The molecule has 1 N–H and O–H groups in total. The topological polar surface area (TPSA) is 65.4 Å². The SMILES string of the molecule is O=C1/C(=C\c2ccccc2)SC(=Nc2ccccc2)N1CC(O)CN1CCOCC1. The molecule has 4 rings (SSSR count). The summed E-state index contributed by atoms with van der Waals surface area (Å²) in [4.78, 5) is 22.2. The highest BCUT2D eigenvalue weighted by Crippen LogP contribution is 2.34. The number of carbonyl (C=O) groups excluding carboxylic acids is 1. The van der Waals surface area contributed by atoms with Gasteiger partial charge >= 0.3 is 0 Å². The Labute approximate surface area is 180 Å². The van der Waals surface area contributed by atoms with Crippen LogP contribution >= 0.6 is 11.8 Å². The molecule has 1 unspecified atom stereocenters. The molecule has 7 heteroatoms. The third kappa shape index (κ3) is 5.37. The molecule has 1 amide bonds. The molecule has 0 saturated carbocycles. The third-order valence-electron chi connectivity index (χ3n) is 4.93. The molecule has 1 atom stereocenters. The number of para-hydroxylation sites is 1. The van der Waals surface area contributed by atoms with Gasteiger partial charge in [-0.3, -0.25) is 14.6 Å². The summed E-state index contributed by atoms with van der Waals surface area (Å²) in [5.74, 6) is -0.125. The van der Waals surface area contributed by atoms with Crippen LogP contribution in [0.5, 0.6) is 0 Å². The van der Waals surface area contributed by atoms with Crippen molar-refractivity contribution in [3.63, 3.8) is 0 Å². The number of aliphatic hydroxyl groups is 1. The monoisotopic (exact) mass is 423 g/mol. The Kier molecular flexibility index (Phi) is 6.96. The zero-order valence-electron chi connectivity index (χ0n) is 16.7. The Morgan fingerprint density at radius 3 is 2.40 bits per heavy atom. The number of ether oxygens (including phenoxy) is 1. The summed E-state index contributed by atoms with van der Waals surface area (Å²) < 4.78 is 5.37. The summed E-state index contributed by atoms with van der Waals surface area (Å²) in [6.07, 6.45) is 1.21. The van der Waals surface area contributed by atoms with Crippen LogP contribution in [-0.2, 0) is 9.53 Å². The van der Waals surface area contributed by atoms with E-state index in [-0.39, 0.29) is 12.5 Å². The van der Waals surface area contributed by atoms with E-state index in [2.05, 4.69) is 9.89 Å². The number of β-amino-alcohol motifs (C(OH)–C–C–N with tert-alkyl or cyclic N) is 1. The average Bonchev–Trinajstić information content (AvgIpc) is 3.04. The van der Waals surface area contributed by atoms with Crippen LogP contribution in [0, 0.1) is 0 Å². The molecule has 0 spiro atoms. The van der Waals surface area contributed by atoms with Crippen molar-refractivity contribution in [3.05, 3.63) is 71.1 Å². The molecule has 0 aliphatic carbocycles. The van der Waals surface area contributed by atoms with Gasteiger partial charge in [0.25, 0.3) is 5.91 Å². The standard InChI is InChI=1S/C23H25N3O3S/c27-20(16-25-11-13-29-14-12-25)17-26-22(28)21(15-18-7-3-1-4-8-18)30-23(26)24-19-9-5-2-6-10-19/h1-10,15,20,27H,11-14,16-17H2/b21-15+,24-23?. The van der Waals surface area contributed by atoms with Gasteiger partial charge in [0, 0.05) is 19.6 Å². The Bertz CT molecular complexity index is 912. The fourth-order valence-electron chi connectivity index (χ4n) is 3.42. The van der Waals surface area contributed by atoms with Gasteiger partial charge in [-0.15, -0.1) is 0 Å². The van der Waals surface area contributed by atoms with E-state index < -0.39 is 6.10 Å². The van der Waals surface area contributed by atoms with Crippen molar-refractivity contribution in [2.75, 3.05) is 39.4 Å². The lowest BCUT2D eigenvalue weighted by Crippen LogP contribution is -2.45. The molecule has 6 nitrogen and oxygen atoms in total. The van der Waals surface area contributed by atoms with Gasteiger partial charge < -0.3 is 9.84 Å². The van der Waals surface area contributed by atoms with E-state index in [1.165, 1.54) is 11.8 Å². The molecule has 2 aromatic carbocycles.